The number of ether oxygens (including phenoxy) is 3. The molecule has 0 unspecified atom stereocenters. The molecule has 1 N–H and O–H groups in total. The summed E-state index contributed by atoms with van der Waals surface area (Å²) < 4.78 is 17.1. The number of ketones is 1. The quantitative estimate of drug-likeness (QED) is 0.594. The predicted octanol–water partition coefficient (Wildman–Crippen LogP) is 4.74. The van der Waals surface area contributed by atoms with Crippen LogP contribution in [0.15, 0.2) is 24.3 Å². The molecule has 0 saturated carbocycles. The highest BCUT2D eigenvalue weighted by Gasteiger charge is 2.29. The smallest absolute Gasteiger partial charge is 0.346 e. The zero-order valence-electron chi connectivity index (χ0n) is 16.8. The Balaban J connectivity index is 2.16. The zero-order chi connectivity index (χ0) is 20.4. The number of rotatable bonds is 5. The number of cyclic esters (lactones) is 1. The molecular formula is C22H25NO5. The number of Topliss-reactive ketones (excluding diaryl/α,β-unsaturated/α-hetero) is 1. The Hall–Kier alpha value is -3.02. The van der Waals surface area contributed by atoms with E-state index >= 15 is 0 Å². The maximum atomic E-state index is 12.8. The first-order valence-electron chi connectivity index (χ1n) is 9.26. The summed E-state index contributed by atoms with van der Waals surface area (Å²) in [7, 11) is 3.24. The number of hydrogen-bond acceptors (Lipinski definition) is 6. The van der Waals surface area contributed by atoms with Gasteiger partial charge in [0.2, 0.25) is 0 Å². The third kappa shape index (κ3) is 3.67. The molecule has 0 aliphatic carbocycles. The largest absolute Gasteiger partial charge is 0.495 e. The summed E-state index contributed by atoms with van der Waals surface area (Å²) in [6.07, 6.45) is 0.358. The lowest BCUT2D eigenvalue weighted by Gasteiger charge is -2.23. The lowest BCUT2D eigenvalue weighted by Crippen LogP contribution is -2.16. The highest BCUT2D eigenvalue weighted by Crippen LogP contribution is 2.42. The molecule has 1 aliphatic heterocycles. The van der Waals surface area contributed by atoms with Crippen LogP contribution in [0.1, 0.15) is 52.1 Å². The second-order valence-electron chi connectivity index (χ2n) is 7.27. The van der Waals surface area contributed by atoms with E-state index in [0.29, 0.717) is 23.5 Å². The van der Waals surface area contributed by atoms with E-state index in [4.69, 9.17) is 14.2 Å². The maximum absolute atomic E-state index is 12.8. The molecule has 0 atom stereocenters. The van der Waals surface area contributed by atoms with E-state index in [9.17, 15) is 9.59 Å². The summed E-state index contributed by atoms with van der Waals surface area (Å²) in [5.74, 6) is 0.598. The monoisotopic (exact) mass is 383 g/mol. The Bertz CT molecular complexity index is 933. The molecule has 1 heterocycles. The van der Waals surface area contributed by atoms with Crippen molar-refractivity contribution in [1.82, 2.24) is 0 Å². The third-order valence-electron chi connectivity index (χ3n) is 4.57. The number of nitrogens with one attached hydrogen (secondary N) is 1. The average Bonchev–Trinajstić information content (AvgIpc) is 2.64. The van der Waals surface area contributed by atoms with Gasteiger partial charge in [-0.05, 0) is 42.7 Å². The van der Waals surface area contributed by atoms with E-state index in [-0.39, 0.29) is 29.6 Å². The van der Waals surface area contributed by atoms with E-state index in [1.165, 1.54) is 7.11 Å². The van der Waals surface area contributed by atoms with Crippen molar-refractivity contribution in [3.63, 3.8) is 0 Å². The number of carbonyl (C=O) groups is 2. The number of carbonyl (C=O) groups excluding carboxylic acids is 2. The van der Waals surface area contributed by atoms with Crippen LogP contribution in [0.4, 0.5) is 5.69 Å². The molecular weight excluding hydrogens is 358 g/mol. The Labute approximate surface area is 164 Å². The Morgan fingerprint density at radius 3 is 2.68 bits per heavy atom. The summed E-state index contributed by atoms with van der Waals surface area (Å²) in [6.45, 7) is 5.96. The van der Waals surface area contributed by atoms with Gasteiger partial charge < -0.3 is 19.5 Å². The van der Waals surface area contributed by atoms with E-state index in [1.807, 2.05) is 32.9 Å². The minimum Gasteiger partial charge on any atom is -0.495 e. The van der Waals surface area contributed by atoms with Crippen molar-refractivity contribution in [3.05, 3.63) is 46.5 Å². The fourth-order valence-electron chi connectivity index (χ4n) is 3.34. The van der Waals surface area contributed by atoms with Crippen LogP contribution in [0.3, 0.4) is 0 Å². The third-order valence-corrected chi connectivity index (χ3v) is 4.57. The van der Waals surface area contributed by atoms with Gasteiger partial charge in [-0.25, -0.2) is 4.79 Å². The topological polar surface area (TPSA) is 73.9 Å². The number of fused-ring (bicyclic) bond motifs is 2. The average molecular weight is 383 g/mol. The molecule has 0 bridgehead atoms. The van der Waals surface area contributed by atoms with Crippen LogP contribution in [0.25, 0.3) is 0 Å². The molecule has 2 aromatic rings. The molecule has 6 heteroatoms. The number of hydrogen-bond donors (Lipinski definition) is 1. The van der Waals surface area contributed by atoms with Crippen LogP contribution in [0.2, 0.25) is 0 Å². The number of aryl methyl sites for hydroxylation is 1. The van der Waals surface area contributed by atoms with Crippen molar-refractivity contribution in [1.29, 1.82) is 0 Å². The van der Waals surface area contributed by atoms with Crippen molar-refractivity contribution in [2.45, 2.75) is 33.8 Å². The molecule has 0 radical (unpaired) electrons. The van der Waals surface area contributed by atoms with Crippen LogP contribution in [0.5, 0.6) is 17.2 Å². The van der Waals surface area contributed by atoms with Crippen molar-refractivity contribution in [2.24, 2.45) is 5.92 Å². The first kappa shape index (κ1) is 19.7. The normalized spacial score (nSPS) is 12.9. The lowest BCUT2D eigenvalue weighted by atomic mass is 9.97. The van der Waals surface area contributed by atoms with E-state index in [0.717, 1.165) is 16.8 Å². The van der Waals surface area contributed by atoms with Gasteiger partial charge in [0.1, 0.15) is 23.7 Å². The molecule has 0 spiro atoms. The Kier molecular flexibility index (Phi) is 5.58. The fourth-order valence-corrected chi connectivity index (χ4v) is 3.34. The second kappa shape index (κ2) is 7.92. The molecule has 0 saturated heterocycles. The summed E-state index contributed by atoms with van der Waals surface area (Å²) in [5.41, 5.74) is 3.07. The van der Waals surface area contributed by atoms with Crippen LogP contribution < -0.4 is 14.8 Å². The molecule has 28 heavy (non-hydrogen) atoms. The van der Waals surface area contributed by atoms with Gasteiger partial charge in [-0.1, -0.05) is 13.8 Å². The fraction of sp³-hybridized carbons (Fsp3) is 0.364. The highest BCUT2D eigenvalue weighted by atomic mass is 16.5. The summed E-state index contributed by atoms with van der Waals surface area (Å²) >= 11 is 0. The molecule has 3 rings (SSSR count). The van der Waals surface area contributed by atoms with Crippen LogP contribution >= 0.6 is 0 Å². The SMILES string of the molecule is CNc1cc(C)cc2c1Oc1ccc(C(=O)CC(C)C)c(OC)c1C(=O)OC2. The van der Waals surface area contributed by atoms with Crippen molar-refractivity contribution in [3.8, 4) is 17.2 Å². The molecule has 1 aliphatic rings. The molecule has 0 fully saturated rings. The van der Waals surface area contributed by atoms with Crippen molar-refractivity contribution in [2.75, 3.05) is 19.5 Å². The van der Waals surface area contributed by atoms with Gasteiger partial charge in [0.15, 0.2) is 11.5 Å². The van der Waals surface area contributed by atoms with Gasteiger partial charge in [-0.2, -0.15) is 0 Å². The van der Waals surface area contributed by atoms with Gasteiger partial charge >= 0.3 is 5.97 Å². The van der Waals surface area contributed by atoms with E-state index < -0.39 is 5.97 Å². The van der Waals surface area contributed by atoms with Crippen LogP contribution in [-0.4, -0.2) is 25.9 Å². The first-order valence-corrected chi connectivity index (χ1v) is 9.26. The van der Waals surface area contributed by atoms with Gasteiger partial charge in [0.05, 0.1) is 18.4 Å². The lowest BCUT2D eigenvalue weighted by molar-refractivity contribution is 0.0456. The number of benzene rings is 2. The predicted molar refractivity (Wildman–Crippen MR) is 107 cm³/mol. The number of esters is 1. The van der Waals surface area contributed by atoms with Crippen molar-refractivity contribution < 1.29 is 23.8 Å². The first-order chi connectivity index (χ1) is 13.3. The van der Waals surface area contributed by atoms with Crippen molar-refractivity contribution >= 4 is 17.4 Å². The second-order valence-corrected chi connectivity index (χ2v) is 7.27. The molecule has 2 aromatic carbocycles. The zero-order valence-corrected chi connectivity index (χ0v) is 16.8. The summed E-state index contributed by atoms with van der Waals surface area (Å²) in [4.78, 5) is 25.4. The Morgan fingerprint density at radius 1 is 1.29 bits per heavy atom. The Morgan fingerprint density at radius 2 is 2.04 bits per heavy atom. The van der Waals surface area contributed by atoms with Gasteiger partial charge in [0, 0.05) is 19.0 Å². The molecule has 0 amide bonds. The number of methoxy groups -OCH3 is 1. The molecule has 148 valence electrons. The summed E-state index contributed by atoms with van der Waals surface area (Å²) in [6, 6.07) is 7.15. The standard InChI is InChI=1S/C22H25NO5/c1-12(2)8-17(24)15-6-7-18-19(21(15)26-5)22(25)27-11-14-9-13(3)10-16(23-4)20(14)28-18/h6-7,9-10,12,23H,8,11H2,1-5H3. The summed E-state index contributed by atoms with van der Waals surface area (Å²) in [5, 5.41) is 3.12. The number of anilines is 1. The van der Waals surface area contributed by atoms with Crippen LogP contribution in [-0.2, 0) is 11.3 Å². The van der Waals surface area contributed by atoms with E-state index in [2.05, 4.69) is 5.32 Å². The van der Waals surface area contributed by atoms with Gasteiger partial charge in [-0.15, -0.1) is 0 Å². The maximum Gasteiger partial charge on any atom is 0.346 e. The highest BCUT2D eigenvalue weighted by molar-refractivity contribution is 6.05. The van der Waals surface area contributed by atoms with Gasteiger partial charge in [-0.3, -0.25) is 4.79 Å². The van der Waals surface area contributed by atoms with E-state index in [1.54, 1.807) is 19.2 Å². The molecule has 0 aromatic heterocycles. The molecule has 6 nitrogen and oxygen atoms in total. The van der Waals surface area contributed by atoms with Crippen LogP contribution in [0, 0.1) is 12.8 Å². The van der Waals surface area contributed by atoms with Gasteiger partial charge in [0.25, 0.3) is 0 Å². The minimum atomic E-state index is -0.579. The minimum absolute atomic E-state index is 0.0668.